The first-order valence-corrected chi connectivity index (χ1v) is 2.68. The summed E-state index contributed by atoms with van der Waals surface area (Å²) in [5.74, 6) is -0.283. The third-order valence-electron chi connectivity index (χ3n) is 0.490. The standard InChI is InChI=1S/C3H8O3Si/c1-5-2-3(4)6-7/h2H2,1,7H3. The molecule has 0 radical (unpaired) electrons. The first-order valence-electron chi connectivity index (χ1n) is 1.87. The molecule has 0 bridgehead atoms. The summed E-state index contributed by atoms with van der Waals surface area (Å²) in [6.07, 6.45) is 0. The van der Waals surface area contributed by atoms with Crippen molar-refractivity contribution in [2.24, 2.45) is 0 Å². The first-order chi connectivity index (χ1) is 3.31. The Morgan fingerprint density at radius 2 is 2.43 bits per heavy atom. The third-order valence-corrected chi connectivity index (χ3v) is 0.945. The molecule has 0 rings (SSSR count). The molecule has 0 aliphatic heterocycles. The van der Waals surface area contributed by atoms with Crippen molar-refractivity contribution in [3.8, 4) is 0 Å². The van der Waals surface area contributed by atoms with Gasteiger partial charge in [-0.3, -0.25) is 4.79 Å². The number of methoxy groups -OCH3 is 1. The molecule has 0 saturated heterocycles. The zero-order chi connectivity index (χ0) is 5.70. The average molecular weight is 120 g/mol. The van der Waals surface area contributed by atoms with Gasteiger partial charge in [-0.2, -0.15) is 0 Å². The van der Waals surface area contributed by atoms with E-state index in [4.69, 9.17) is 0 Å². The maximum absolute atomic E-state index is 10.1. The summed E-state index contributed by atoms with van der Waals surface area (Å²) in [6, 6.07) is 0. The molecule has 0 aromatic heterocycles. The van der Waals surface area contributed by atoms with Gasteiger partial charge in [-0.1, -0.05) is 0 Å². The lowest BCUT2D eigenvalue weighted by atomic mass is 10.8. The van der Waals surface area contributed by atoms with Gasteiger partial charge >= 0.3 is 5.97 Å². The van der Waals surface area contributed by atoms with Crippen LogP contribution >= 0.6 is 0 Å². The topological polar surface area (TPSA) is 35.5 Å². The van der Waals surface area contributed by atoms with Crippen molar-refractivity contribution in [2.45, 2.75) is 0 Å². The second-order valence-corrected chi connectivity index (χ2v) is 1.42. The van der Waals surface area contributed by atoms with Crippen LogP contribution in [0.2, 0.25) is 0 Å². The number of hydrogen-bond acceptors (Lipinski definition) is 3. The molecule has 0 heterocycles. The van der Waals surface area contributed by atoms with Crippen molar-refractivity contribution >= 4 is 16.5 Å². The molecule has 0 aromatic rings. The van der Waals surface area contributed by atoms with Crippen LogP contribution in [-0.4, -0.2) is 30.2 Å². The van der Waals surface area contributed by atoms with Gasteiger partial charge in [0.2, 0.25) is 10.5 Å². The Balaban J connectivity index is 3.00. The molecule has 0 fully saturated rings. The van der Waals surface area contributed by atoms with Crippen LogP contribution in [0.3, 0.4) is 0 Å². The summed E-state index contributed by atoms with van der Waals surface area (Å²) in [4.78, 5) is 10.1. The summed E-state index contributed by atoms with van der Waals surface area (Å²) in [5, 5.41) is 0. The summed E-state index contributed by atoms with van der Waals surface area (Å²) in [7, 11) is 1.91. The highest BCUT2D eigenvalue weighted by molar-refractivity contribution is 6.05. The van der Waals surface area contributed by atoms with Gasteiger partial charge < -0.3 is 9.16 Å². The van der Waals surface area contributed by atoms with Crippen LogP contribution in [0.4, 0.5) is 0 Å². The molecular weight excluding hydrogens is 112 g/mol. The predicted molar refractivity (Wildman–Crippen MR) is 27.9 cm³/mol. The average Bonchev–Trinajstić information content (AvgIpc) is 1.68. The monoisotopic (exact) mass is 120 g/mol. The minimum atomic E-state index is -0.283. The molecule has 0 saturated carbocycles. The van der Waals surface area contributed by atoms with Gasteiger partial charge in [0.25, 0.3) is 0 Å². The number of hydrogen-bond donors (Lipinski definition) is 0. The Labute approximate surface area is 45.2 Å². The van der Waals surface area contributed by atoms with Crippen molar-refractivity contribution in [2.75, 3.05) is 13.7 Å². The van der Waals surface area contributed by atoms with Crippen LogP contribution < -0.4 is 0 Å². The fourth-order valence-electron chi connectivity index (χ4n) is 0.177. The molecule has 3 nitrogen and oxygen atoms in total. The van der Waals surface area contributed by atoms with Crippen molar-refractivity contribution in [1.82, 2.24) is 0 Å². The maximum atomic E-state index is 10.1. The van der Waals surface area contributed by atoms with E-state index >= 15 is 0 Å². The number of carbonyl (C=O) groups is 1. The summed E-state index contributed by atoms with van der Waals surface area (Å²) in [6.45, 7) is 0.0729. The minimum Gasteiger partial charge on any atom is -0.527 e. The number of carbonyl (C=O) groups excluding carboxylic acids is 1. The van der Waals surface area contributed by atoms with Crippen molar-refractivity contribution in [3.05, 3.63) is 0 Å². The molecule has 0 unspecified atom stereocenters. The SMILES string of the molecule is COCC(=O)O[SiH3]. The van der Waals surface area contributed by atoms with Crippen LogP contribution in [0.25, 0.3) is 0 Å². The van der Waals surface area contributed by atoms with E-state index in [2.05, 4.69) is 9.16 Å². The lowest BCUT2D eigenvalue weighted by Gasteiger charge is -1.93. The van der Waals surface area contributed by atoms with E-state index in [1.807, 2.05) is 0 Å². The Hall–Kier alpha value is -0.353. The lowest BCUT2D eigenvalue weighted by Crippen LogP contribution is -2.08. The van der Waals surface area contributed by atoms with Crippen LogP contribution in [-0.2, 0) is 14.0 Å². The molecule has 0 spiro atoms. The highest BCUT2D eigenvalue weighted by Crippen LogP contribution is 1.70. The van der Waals surface area contributed by atoms with E-state index in [9.17, 15) is 4.79 Å². The highest BCUT2D eigenvalue weighted by Gasteiger charge is 1.92. The van der Waals surface area contributed by atoms with Crippen LogP contribution in [0.5, 0.6) is 0 Å². The van der Waals surface area contributed by atoms with E-state index in [0.29, 0.717) is 10.5 Å². The summed E-state index contributed by atoms with van der Waals surface area (Å²) < 4.78 is 8.81. The van der Waals surface area contributed by atoms with Crippen molar-refractivity contribution in [3.63, 3.8) is 0 Å². The molecule has 0 aromatic carbocycles. The van der Waals surface area contributed by atoms with Gasteiger partial charge in [0.15, 0.2) is 0 Å². The second kappa shape index (κ2) is 3.82. The third kappa shape index (κ3) is 3.48. The Bertz CT molecular complexity index is 63.2. The van der Waals surface area contributed by atoms with E-state index < -0.39 is 0 Å². The Kier molecular flexibility index (Phi) is 3.63. The molecule has 0 atom stereocenters. The predicted octanol–water partition coefficient (Wildman–Crippen LogP) is -1.54. The smallest absolute Gasteiger partial charge is 0.318 e. The fourth-order valence-corrected chi connectivity index (χ4v) is 0.295. The minimum absolute atomic E-state index is 0.0729. The zero-order valence-electron chi connectivity index (χ0n) is 4.43. The number of ether oxygens (including phenoxy) is 1. The highest BCUT2D eigenvalue weighted by atomic mass is 28.2. The zero-order valence-corrected chi connectivity index (χ0v) is 6.43. The van der Waals surface area contributed by atoms with E-state index in [1.54, 1.807) is 0 Å². The largest absolute Gasteiger partial charge is 0.527 e. The molecule has 0 aliphatic rings. The molecule has 0 amide bonds. The van der Waals surface area contributed by atoms with E-state index in [-0.39, 0.29) is 12.6 Å². The van der Waals surface area contributed by atoms with Gasteiger partial charge in [0.05, 0.1) is 0 Å². The Morgan fingerprint density at radius 1 is 1.86 bits per heavy atom. The van der Waals surface area contributed by atoms with Crippen LogP contribution in [0.1, 0.15) is 0 Å². The van der Waals surface area contributed by atoms with Crippen molar-refractivity contribution < 1.29 is 14.0 Å². The molecule has 42 valence electrons. The van der Waals surface area contributed by atoms with Gasteiger partial charge in [0.1, 0.15) is 6.61 Å². The fraction of sp³-hybridized carbons (Fsp3) is 0.667. The van der Waals surface area contributed by atoms with E-state index in [1.165, 1.54) is 7.11 Å². The molecule has 7 heavy (non-hydrogen) atoms. The van der Waals surface area contributed by atoms with Gasteiger partial charge in [-0.15, -0.1) is 0 Å². The van der Waals surface area contributed by atoms with E-state index in [0.717, 1.165) is 0 Å². The van der Waals surface area contributed by atoms with Crippen LogP contribution in [0.15, 0.2) is 0 Å². The Morgan fingerprint density at radius 3 is 2.57 bits per heavy atom. The molecule has 4 heteroatoms. The van der Waals surface area contributed by atoms with Gasteiger partial charge in [-0.25, -0.2) is 0 Å². The molecule has 0 N–H and O–H groups in total. The first kappa shape index (κ1) is 6.65. The normalized spacial score (nSPS) is 8.71. The quantitative estimate of drug-likeness (QED) is 0.414. The number of rotatable bonds is 2. The second-order valence-electron chi connectivity index (χ2n) is 1.01. The van der Waals surface area contributed by atoms with Gasteiger partial charge in [-0.05, 0) is 0 Å². The van der Waals surface area contributed by atoms with Crippen LogP contribution in [0, 0.1) is 0 Å². The van der Waals surface area contributed by atoms with Gasteiger partial charge in [0, 0.05) is 7.11 Å². The molecular formula is C3H8O3Si. The molecule has 0 aliphatic carbocycles. The lowest BCUT2D eigenvalue weighted by molar-refractivity contribution is -0.138. The maximum Gasteiger partial charge on any atom is 0.318 e. The summed E-state index contributed by atoms with van der Waals surface area (Å²) >= 11 is 0. The summed E-state index contributed by atoms with van der Waals surface area (Å²) in [5.41, 5.74) is 0. The van der Waals surface area contributed by atoms with Crippen molar-refractivity contribution in [1.29, 1.82) is 0 Å².